The van der Waals surface area contributed by atoms with Crippen LogP contribution in [0.5, 0.6) is 0 Å². The molecule has 2 aromatic heterocycles. The molecule has 3 heterocycles. The second kappa shape index (κ2) is 6.86. The van der Waals surface area contributed by atoms with Crippen molar-refractivity contribution in [2.75, 3.05) is 26.2 Å². The number of hydrogen-bond acceptors (Lipinski definition) is 3. The highest BCUT2D eigenvalue weighted by Crippen LogP contribution is 2.27. The van der Waals surface area contributed by atoms with Gasteiger partial charge in [0.2, 0.25) is 0 Å². The molecular formula is C19H23N5O2+2. The van der Waals surface area contributed by atoms with Gasteiger partial charge >= 0.3 is 0 Å². The van der Waals surface area contributed by atoms with Crippen LogP contribution >= 0.6 is 0 Å². The summed E-state index contributed by atoms with van der Waals surface area (Å²) >= 11 is 0. The number of nitrogens with two attached hydrogens (primary N) is 1. The Morgan fingerprint density at radius 3 is 2.65 bits per heavy atom. The summed E-state index contributed by atoms with van der Waals surface area (Å²) in [5, 5.41) is 13.3. The number of hydrogen-bond donors (Lipinski definition) is 2. The molecule has 3 N–H and O–H groups in total. The lowest BCUT2D eigenvalue weighted by molar-refractivity contribution is -0.958. The SMILES string of the molecule is Cc1cccn2c(C[NH+]3CC[NH2+]CC3)c(-c3ccc([N+](=O)[O-])cc3)nc12. The fourth-order valence-electron chi connectivity index (χ4n) is 3.69. The van der Waals surface area contributed by atoms with E-state index in [-0.39, 0.29) is 10.6 Å². The summed E-state index contributed by atoms with van der Waals surface area (Å²) in [4.78, 5) is 17.0. The van der Waals surface area contributed by atoms with Crippen molar-refractivity contribution in [3.63, 3.8) is 0 Å². The van der Waals surface area contributed by atoms with Gasteiger partial charge in [0.05, 0.1) is 10.6 Å². The fraction of sp³-hybridized carbons (Fsp3) is 0.316. The van der Waals surface area contributed by atoms with E-state index < -0.39 is 0 Å². The van der Waals surface area contributed by atoms with E-state index >= 15 is 0 Å². The lowest BCUT2D eigenvalue weighted by Gasteiger charge is -2.22. The first-order valence-corrected chi connectivity index (χ1v) is 9.00. The number of nitrogens with one attached hydrogen (secondary N) is 1. The first kappa shape index (κ1) is 16.7. The van der Waals surface area contributed by atoms with Crippen LogP contribution in [0.2, 0.25) is 0 Å². The molecule has 0 unspecified atom stereocenters. The largest absolute Gasteiger partial charge is 0.337 e. The number of non-ortho nitro benzene ring substituents is 1. The van der Waals surface area contributed by atoms with Crippen LogP contribution in [0.3, 0.4) is 0 Å². The third-order valence-electron chi connectivity index (χ3n) is 5.12. The summed E-state index contributed by atoms with van der Waals surface area (Å²) in [7, 11) is 0. The molecule has 26 heavy (non-hydrogen) atoms. The maximum Gasteiger partial charge on any atom is 0.269 e. The number of nitro benzene ring substituents is 1. The third-order valence-corrected chi connectivity index (χ3v) is 5.12. The minimum Gasteiger partial charge on any atom is -0.337 e. The van der Waals surface area contributed by atoms with Gasteiger partial charge in [-0.15, -0.1) is 0 Å². The number of piperazine rings is 1. The number of benzene rings is 1. The highest BCUT2D eigenvalue weighted by atomic mass is 16.6. The predicted octanol–water partition coefficient (Wildman–Crippen LogP) is 0.180. The number of aryl methyl sites for hydroxylation is 1. The molecule has 1 aromatic carbocycles. The van der Waals surface area contributed by atoms with Crippen molar-refractivity contribution < 1.29 is 15.1 Å². The van der Waals surface area contributed by atoms with Gasteiger partial charge < -0.3 is 10.2 Å². The zero-order chi connectivity index (χ0) is 18.1. The molecule has 134 valence electrons. The average Bonchev–Trinajstić information content (AvgIpc) is 3.03. The van der Waals surface area contributed by atoms with Crippen LogP contribution in [-0.4, -0.2) is 40.5 Å². The average molecular weight is 353 g/mol. The molecule has 1 aliphatic heterocycles. The molecule has 3 aromatic rings. The van der Waals surface area contributed by atoms with E-state index in [0.29, 0.717) is 0 Å². The van der Waals surface area contributed by atoms with E-state index in [9.17, 15) is 10.1 Å². The van der Waals surface area contributed by atoms with Gasteiger partial charge in [0, 0.05) is 23.9 Å². The van der Waals surface area contributed by atoms with Crippen LogP contribution < -0.4 is 10.2 Å². The maximum absolute atomic E-state index is 10.9. The van der Waals surface area contributed by atoms with E-state index in [1.54, 1.807) is 29.2 Å². The van der Waals surface area contributed by atoms with Gasteiger partial charge in [-0.2, -0.15) is 0 Å². The van der Waals surface area contributed by atoms with Crippen LogP contribution in [-0.2, 0) is 6.54 Å². The lowest BCUT2D eigenvalue weighted by Crippen LogP contribution is -3.19. The van der Waals surface area contributed by atoms with Crippen molar-refractivity contribution in [2.24, 2.45) is 0 Å². The Labute approximate surface area is 151 Å². The second-order valence-corrected chi connectivity index (χ2v) is 6.89. The molecule has 0 aliphatic carbocycles. The minimum absolute atomic E-state index is 0.104. The highest BCUT2D eigenvalue weighted by molar-refractivity contribution is 5.68. The Bertz CT molecular complexity index is 942. The van der Waals surface area contributed by atoms with Gasteiger partial charge in [-0.1, -0.05) is 6.07 Å². The molecule has 0 spiro atoms. The molecule has 1 fully saturated rings. The van der Waals surface area contributed by atoms with E-state index in [2.05, 4.69) is 28.9 Å². The van der Waals surface area contributed by atoms with E-state index in [0.717, 1.165) is 55.2 Å². The van der Waals surface area contributed by atoms with Crippen molar-refractivity contribution in [2.45, 2.75) is 13.5 Å². The topological polar surface area (TPSA) is 81.5 Å². The van der Waals surface area contributed by atoms with Crippen molar-refractivity contribution in [3.8, 4) is 11.3 Å². The summed E-state index contributed by atoms with van der Waals surface area (Å²) in [5.41, 5.74) is 5.22. The zero-order valence-corrected chi connectivity index (χ0v) is 14.8. The minimum atomic E-state index is -0.368. The van der Waals surface area contributed by atoms with Crippen LogP contribution in [0.15, 0.2) is 42.6 Å². The Morgan fingerprint density at radius 2 is 1.96 bits per heavy atom. The van der Waals surface area contributed by atoms with Gasteiger partial charge in [0.1, 0.15) is 44.1 Å². The molecule has 0 bridgehead atoms. The summed E-state index contributed by atoms with van der Waals surface area (Å²) in [6.45, 7) is 7.55. The van der Waals surface area contributed by atoms with Gasteiger partial charge in [0.15, 0.2) is 0 Å². The van der Waals surface area contributed by atoms with Crippen molar-refractivity contribution in [1.29, 1.82) is 0 Å². The molecule has 7 heteroatoms. The standard InChI is InChI=1S/C19H21N5O2/c1-14-3-2-10-23-17(13-22-11-8-20-9-12-22)18(21-19(14)23)15-4-6-16(7-5-15)24(25)26/h2-7,10,20H,8-9,11-13H2,1H3/p+2. The summed E-state index contributed by atoms with van der Waals surface area (Å²) in [5.74, 6) is 0. The molecular weight excluding hydrogens is 330 g/mol. The molecule has 0 saturated carbocycles. The maximum atomic E-state index is 10.9. The fourth-order valence-corrected chi connectivity index (χ4v) is 3.69. The van der Waals surface area contributed by atoms with Gasteiger partial charge in [-0.05, 0) is 30.7 Å². The van der Waals surface area contributed by atoms with Crippen molar-refractivity contribution in [3.05, 3.63) is 64.0 Å². The summed E-state index contributed by atoms with van der Waals surface area (Å²) in [6, 6.07) is 10.8. The Balaban J connectivity index is 1.80. The third kappa shape index (κ3) is 3.07. The Hall–Kier alpha value is -2.77. The van der Waals surface area contributed by atoms with Crippen LogP contribution in [0.1, 0.15) is 11.3 Å². The van der Waals surface area contributed by atoms with E-state index in [4.69, 9.17) is 4.98 Å². The number of fused-ring (bicyclic) bond motifs is 1. The first-order valence-electron chi connectivity index (χ1n) is 9.00. The van der Waals surface area contributed by atoms with Gasteiger partial charge in [-0.3, -0.25) is 14.5 Å². The van der Waals surface area contributed by atoms with Gasteiger partial charge in [-0.25, -0.2) is 4.98 Å². The highest BCUT2D eigenvalue weighted by Gasteiger charge is 2.23. The van der Waals surface area contributed by atoms with Crippen LogP contribution in [0, 0.1) is 17.0 Å². The Kier molecular flexibility index (Phi) is 4.40. The number of quaternary nitrogens is 2. The predicted molar refractivity (Wildman–Crippen MR) is 98.1 cm³/mol. The molecule has 4 rings (SSSR count). The summed E-state index contributed by atoms with van der Waals surface area (Å²) in [6.07, 6.45) is 2.06. The second-order valence-electron chi connectivity index (χ2n) is 6.89. The molecule has 7 nitrogen and oxygen atoms in total. The monoisotopic (exact) mass is 353 g/mol. The van der Waals surface area contributed by atoms with E-state index in [1.807, 2.05) is 6.07 Å². The molecule has 1 saturated heterocycles. The Morgan fingerprint density at radius 1 is 1.23 bits per heavy atom. The molecule has 0 atom stereocenters. The molecule has 0 radical (unpaired) electrons. The summed E-state index contributed by atoms with van der Waals surface area (Å²) < 4.78 is 2.18. The number of imidazole rings is 1. The normalized spacial score (nSPS) is 15.4. The van der Waals surface area contributed by atoms with Crippen LogP contribution in [0.25, 0.3) is 16.9 Å². The quantitative estimate of drug-likeness (QED) is 0.519. The smallest absolute Gasteiger partial charge is 0.269 e. The zero-order valence-electron chi connectivity index (χ0n) is 14.8. The number of nitro groups is 1. The van der Waals surface area contributed by atoms with E-state index in [1.165, 1.54) is 5.69 Å². The van der Waals surface area contributed by atoms with Crippen molar-refractivity contribution in [1.82, 2.24) is 9.38 Å². The first-order chi connectivity index (χ1) is 12.6. The number of pyridine rings is 1. The molecule has 0 amide bonds. The lowest BCUT2D eigenvalue weighted by atomic mass is 10.1. The van der Waals surface area contributed by atoms with Crippen LogP contribution in [0.4, 0.5) is 5.69 Å². The number of rotatable bonds is 4. The number of nitrogens with zero attached hydrogens (tertiary/aromatic N) is 3. The van der Waals surface area contributed by atoms with Gasteiger partial charge in [0.25, 0.3) is 5.69 Å². The number of aromatic nitrogens is 2. The van der Waals surface area contributed by atoms with Crippen molar-refractivity contribution >= 4 is 11.3 Å². The molecule has 1 aliphatic rings.